The average molecular weight is 431 g/mol. The van der Waals surface area contributed by atoms with Gasteiger partial charge in [-0.05, 0) is 67.6 Å². The first-order valence-corrected chi connectivity index (χ1v) is 10.6. The first kappa shape index (κ1) is 23.7. The van der Waals surface area contributed by atoms with Crippen LogP contribution in [0.15, 0.2) is 42.5 Å². The molecule has 0 aliphatic rings. The Morgan fingerprint density at radius 2 is 1.80 bits per heavy atom. The molecule has 30 heavy (non-hydrogen) atoms. The molecule has 0 spiro atoms. The van der Waals surface area contributed by atoms with E-state index in [1.54, 1.807) is 19.1 Å². The maximum absolute atomic E-state index is 13.0. The highest BCUT2D eigenvalue weighted by Crippen LogP contribution is 2.18. The smallest absolute Gasteiger partial charge is 0.261 e. The number of ether oxygens (including phenoxy) is 1. The van der Waals surface area contributed by atoms with E-state index in [4.69, 9.17) is 16.3 Å². The summed E-state index contributed by atoms with van der Waals surface area (Å²) in [4.78, 5) is 27.2. The SMILES string of the molecule is Cc1ccc(OCC(=O)N(Cc2cccc(Cl)c2)[C@H](C)C(=O)NCC(C)C)cc1C. The zero-order valence-corrected chi connectivity index (χ0v) is 19.1. The van der Waals surface area contributed by atoms with Gasteiger partial charge in [0.2, 0.25) is 5.91 Å². The van der Waals surface area contributed by atoms with E-state index in [-0.39, 0.29) is 25.0 Å². The molecule has 2 rings (SSSR count). The van der Waals surface area contributed by atoms with Crippen LogP contribution in [-0.2, 0) is 16.1 Å². The standard InChI is InChI=1S/C24H31ClN2O3/c1-16(2)13-26-24(29)19(5)27(14-20-7-6-8-21(25)12-20)23(28)15-30-22-10-9-17(3)18(4)11-22/h6-12,16,19H,13-15H2,1-5H3,(H,26,29)/t19-/m1/s1. The van der Waals surface area contributed by atoms with E-state index in [9.17, 15) is 9.59 Å². The van der Waals surface area contributed by atoms with Gasteiger partial charge in [0.1, 0.15) is 11.8 Å². The number of halogens is 1. The third-order valence-electron chi connectivity index (χ3n) is 4.93. The third-order valence-corrected chi connectivity index (χ3v) is 5.17. The van der Waals surface area contributed by atoms with E-state index in [0.717, 1.165) is 16.7 Å². The minimum atomic E-state index is -0.640. The Morgan fingerprint density at radius 1 is 1.07 bits per heavy atom. The highest BCUT2D eigenvalue weighted by molar-refractivity contribution is 6.30. The van der Waals surface area contributed by atoms with Gasteiger partial charge in [0, 0.05) is 18.1 Å². The number of nitrogens with one attached hydrogen (secondary N) is 1. The fourth-order valence-electron chi connectivity index (χ4n) is 2.90. The molecule has 0 radical (unpaired) electrons. The zero-order valence-electron chi connectivity index (χ0n) is 18.4. The van der Waals surface area contributed by atoms with Crippen molar-refractivity contribution in [3.63, 3.8) is 0 Å². The Labute approximate surface area is 184 Å². The van der Waals surface area contributed by atoms with Gasteiger partial charge in [0.15, 0.2) is 6.61 Å². The lowest BCUT2D eigenvalue weighted by molar-refractivity contribution is -0.142. The molecule has 2 aromatic rings. The number of carbonyl (C=O) groups is 2. The number of hydrogen-bond donors (Lipinski definition) is 1. The lowest BCUT2D eigenvalue weighted by atomic mass is 10.1. The summed E-state index contributed by atoms with van der Waals surface area (Å²) in [6.45, 7) is 10.5. The van der Waals surface area contributed by atoms with Crippen LogP contribution in [0.1, 0.15) is 37.5 Å². The van der Waals surface area contributed by atoms with Crippen molar-refractivity contribution in [1.29, 1.82) is 0 Å². The van der Waals surface area contributed by atoms with Crippen LogP contribution in [0.4, 0.5) is 0 Å². The molecule has 2 aromatic carbocycles. The van der Waals surface area contributed by atoms with Crippen LogP contribution in [0.3, 0.4) is 0 Å². The first-order valence-electron chi connectivity index (χ1n) is 10.2. The molecular weight excluding hydrogens is 400 g/mol. The number of nitrogens with zero attached hydrogens (tertiary/aromatic N) is 1. The van der Waals surface area contributed by atoms with Gasteiger partial charge >= 0.3 is 0 Å². The van der Waals surface area contributed by atoms with E-state index in [1.807, 2.05) is 58.0 Å². The maximum Gasteiger partial charge on any atom is 0.261 e. The zero-order chi connectivity index (χ0) is 22.3. The van der Waals surface area contributed by atoms with Crippen LogP contribution < -0.4 is 10.1 Å². The molecule has 0 saturated heterocycles. The van der Waals surface area contributed by atoms with Crippen molar-refractivity contribution < 1.29 is 14.3 Å². The fraction of sp³-hybridized carbons (Fsp3) is 0.417. The third kappa shape index (κ3) is 7.06. The van der Waals surface area contributed by atoms with Crippen molar-refractivity contribution in [2.24, 2.45) is 5.92 Å². The van der Waals surface area contributed by atoms with Crippen LogP contribution in [0.2, 0.25) is 5.02 Å². The molecule has 0 aliphatic carbocycles. The van der Waals surface area contributed by atoms with Crippen LogP contribution in [0, 0.1) is 19.8 Å². The molecule has 2 amide bonds. The van der Waals surface area contributed by atoms with Gasteiger partial charge in [-0.15, -0.1) is 0 Å². The van der Waals surface area contributed by atoms with Crippen LogP contribution in [-0.4, -0.2) is 35.9 Å². The summed E-state index contributed by atoms with van der Waals surface area (Å²) >= 11 is 6.10. The van der Waals surface area contributed by atoms with Crippen molar-refractivity contribution >= 4 is 23.4 Å². The second-order valence-electron chi connectivity index (χ2n) is 8.00. The maximum atomic E-state index is 13.0. The summed E-state index contributed by atoms with van der Waals surface area (Å²) in [5.74, 6) is 0.503. The predicted molar refractivity (Wildman–Crippen MR) is 121 cm³/mol. The molecule has 0 saturated carbocycles. The lowest BCUT2D eigenvalue weighted by Crippen LogP contribution is -2.49. The Bertz CT molecular complexity index is 883. The van der Waals surface area contributed by atoms with E-state index in [0.29, 0.717) is 23.2 Å². The van der Waals surface area contributed by atoms with Gasteiger partial charge in [-0.3, -0.25) is 9.59 Å². The van der Waals surface area contributed by atoms with Gasteiger partial charge in [-0.25, -0.2) is 0 Å². The minimum Gasteiger partial charge on any atom is -0.484 e. The largest absolute Gasteiger partial charge is 0.484 e. The highest BCUT2D eigenvalue weighted by Gasteiger charge is 2.26. The Kier molecular flexibility index (Phi) is 8.72. The van der Waals surface area contributed by atoms with E-state index in [1.165, 1.54) is 4.90 Å². The van der Waals surface area contributed by atoms with Crippen molar-refractivity contribution in [3.05, 3.63) is 64.2 Å². The second kappa shape index (κ2) is 11.0. The topological polar surface area (TPSA) is 58.6 Å². The molecule has 0 unspecified atom stereocenters. The van der Waals surface area contributed by atoms with Crippen molar-refractivity contribution in [2.75, 3.05) is 13.2 Å². The quantitative estimate of drug-likeness (QED) is 0.636. The van der Waals surface area contributed by atoms with Gasteiger partial charge in [-0.1, -0.05) is 43.6 Å². The fourth-order valence-corrected chi connectivity index (χ4v) is 3.11. The molecule has 0 aromatic heterocycles. The summed E-state index contributed by atoms with van der Waals surface area (Å²) in [6.07, 6.45) is 0. The van der Waals surface area contributed by atoms with Crippen LogP contribution >= 0.6 is 11.6 Å². The lowest BCUT2D eigenvalue weighted by Gasteiger charge is -2.29. The summed E-state index contributed by atoms with van der Waals surface area (Å²) in [6, 6.07) is 12.4. The van der Waals surface area contributed by atoms with Crippen LogP contribution in [0.25, 0.3) is 0 Å². The molecule has 1 atom stereocenters. The van der Waals surface area contributed by atoms with Crippen molar-refractivity contribution in [3.8, 4) is 5.75 Å². The number of benzene rings is 2. The number of hydrogen-bond acceptors (Lipinski definition) is 3. The molecule has 6 heteroatoms. The Morgan fingerprint density at radius 3 is 2.43 bits per heavy atom. The predicted octanol–water partition coefficient (Wildman–Crippen LogP) is 4.53. The number of rotatable bonds is 9. The van der Waals surface area contributed by atoms with Crippen LogP contribution in [0.5, 0.6) is 5.75 Å². The summed E-state index contributed by atoms with van der Waals surface area (Å²) in [5, 5.41) is 3.49. The normalized spacial score (nSPS) is 11.8. The molecule has 1 N–H and O–H groups in total. The first-order chi connectivity index (χ1) is 14.2. The van der Waals surface area contributed by atoms with Crippen molar-refractivity contribution in [1.82, 2.24) is 10.2 Å². The van der Waals surface area contributed by atoms with E-state index >= 15 is 0 Å². The molecule has 0 aliphatic heterocycles. The highest BCUT2D eigenvalue weighted by atomic mass is 35.5. The minimum absolute atomic E-state index is 0.148. The Hall–Kier alpha value is -2.53. The van der Waals surface area contributed by atoms with Crippen molar-refractivity contribution in [2.45, 2.75) is 47.2 Å². The average Bonchev–Trinajstić information content (AvgIpc) is 2.70. The molecule has 162 valence electrons. The monoisotopic (exact) mass is 430 g/mol. The summed E-state index contributed by atoms with van der Waals surface area (Å²) < 4.78 is 5.73. The van der Waals surface area contributed by atoms with Gasteiger partial charge < -0.3 is 15.0 Å². The molecular formula is C24H31ClN2O3. The molecule has 0 fully saturated rings. The number of carbonyl (C=O) groups excluding carboxylic acids is 2. The van der Waals surface area contributed by atoms with Gasteiger partial charge in [-0.2, -0.15) is 0 Å². The van der Waals surface area contributed by atoms with E-state index < -0.39 is 6.04 Å². The van der Waals surface area contributed by atoms with Gasteiger partial charge in [0.05, 0.1) is 0 Å². The molecule has 5 nitrogen and oxygen atoms in total. The number of aryl methyl sites for hydroxylation is 2. The summed E-state index contributed by atoms with van der Waals surface area (Å²) in [5.41, 5.74) is 3.11. The number of amides is 2. The van der Waals surface area contributed by atoms with Gasteiger partial charge in [0.25, 0.3) is 5.91 Å². The molecule has 0 bridgehead atoms. The second-order valence-corrected chi connectivity index (χ2v) is 8.44. The van der Waals surface area contributed by atoms with E-state index in [2.05, 4.69) is 5.32 Å². The molecule has 0 heterocycles. The Balaban J connectivity index is 2.14. The summed E-state index contributed by atoms with van der Waals surface area (Å²) in [7, 11) is 0.